The largest absolute Gasteiger partial charge is 0.486 e. The quantitative estimate of drug-likeness (QED) is 0.906. The molecular formula is C16H22N2OS. The summed E-state index contributed by atoms with van der Waals surface area (Å²) in [6.45, 7) is 8.90. The fourth-order valence-electron chi connectivity index (χ4n) is 2.03. The molecule has 1 N–H and O–H groups in total. The molecule has 2 aromatic rings. The van der Waals surface area contributed by atoms with Crippen molar-refractivity contribution < 1.29 is 4.74 Å². The minimum atomic E-state index is 0.268. The third-order valence-electron chi connectivity index (χ3n) is 3.49. The molecule has 1 aromatic carbocycles. The third kappa shape index (κ3) is 3.38. The lowest BCUT2D eigenvalue weighted by Crippen LogP contribution is -2.14. The second-order valence-corrected chi connectivity index (χ2v) is 6.38. The Kier molecular flexibility index (Phi) is 4.78. The molecule has 3 nitrogen and oxygen atoms in total. The van der Waals surface area contributed by atoms with Gasteiger partial charge in [-0.25, -0.2) is 4.98 Å². The van der Waals surface area contributed by atoms with Crippen molar-refractivity contribution in [3.63, 3.8) is 0 Å². The Bertz CT molecular complexity index is 573. The maximum atomic E-state index is 5.98. The molecule has 20 heavy (non-hydrogen) atoms. The number of benzene rings is 1. The Morgan fingerprint density at radius 2 is 2.05 bits per heavy atom. The van der Waals surface area contributed by atoms with E-state index in [1.807, 2.05) is 20.0 Å². The molecule has 0 radical (unpaired) electrons. The monoisotopic (exact) mass is 290 g/mol. The number of thiazole rings is 1. The van der Waals surface area contributed by atoms with Gasteiger partial charge in [0, 0.05) is 16.5 Å². The zero-order valence-corrected chi connectivity index (χ0v) is 13.6. The molecule has 0 saturated heterocycles. The van der Waals surface area contributed by atoms with E-state index in [2.05, 4.69) is 43.2 Å². The number of hydrogen-bond donors (Lipinski definition) is 1. The predicted octanol–water partition coefficient (Wildman–Crippen LogP) is 3.93. The summed E-state index contributed by atoms with van der Waals surface area (Å²) >= 11 is 1.71. The van der Waals surface area contributed by atoms with Crippen molar-refractivity contribution in [2.75, 3.05) is 7.05 Å². The first-order valence-corrected chi connectivity index (χ1v) is 7.66. The van der Waals surface area contributed by atoms with Crippen LogP contribution in [-0.4, -0.2) is 12.0 Å². The zero-order chi connectivity index (χ0) is 14.7. The molecule has 1 atom stereocenters. The molecule has 0 aliphatic heterocycles. The van der Waals surface area contributed by atoms with Gasteiger partial charge in [0.1, 0.15) is 17.4 Å². The van der Waals surface area contributed by atoms with Crippen LogP contribution in [0.3, 0.4) is 0 Å². The fraction of sp³-hybridized carbons (Fsp3) is 0.438. The first-order valence-electron chi connectivity index (χ1n) is 6.84. The lowest BCUT2D eigenvalue weighted by molar-refractivity contribution is 0.299. The van der Waals surface area contributed by atoms with Crippen molar-refractivity contribution in [3.8, 4) is 5.75 Å². The van der Waals surface area contributed by atoms with Gasteiger partial charge in [0.05, 0.1) is 5.69 Å². The van der Waals surface area contributed by atoms with Crippen LogP contribution in [0.1, 0.15) is 39.7 Å². The van der Waals surface area contributed by atoms with Crippen LogP contribution in [0, 0.1) is 20.8 Å². The highest BCUT2D eigenvalue weighted by Gasteiger charge is 2.11. The van der Waals surface area contributed by atoms with Gasteiger partial charge in [-0.3, -0.25) is 0 Å². The molecule has 0 bridgehead atoms. The van der Waals surface area contributed by atoms with E-state index in [1.54, 1.807) is 11.3 Å². The van der Waals surface area contributed by atoms with Crippen molar-refractivity contribution in [2.24, 2.45) is 0 Å². The van der Waals surface area contributed by atoms with Crippen LogP contribution < -0.4 is 10.1 Å². The van der Waals surface area contributed by atoms with Gasteiger partial charge in [-0.2, -0.15) is 0 Å². The van der Waals surface area contributed by atoms with Crippen molar-refractivity contribution in [2.45, 2.75) is 40.3 Å². The van der Waals surface area contributed by atoms with Crippen LogP contribution >= 0.6 is 11.3 Å². The topological polar surface area (TPSA) is 34.1 Å². The molecule has 1 aromatic heterocycles. The van der Waals surface area contributed by atoms with Gasteiger partial charge >= 0.3 is 0 Å². The molecule has 108 valence electrons. The van der Waals surface area contributed by atoms with E-state index in [-0.39, 0.29) is 6.04 Å². The van der Waals surface area contributed by atoms with E-state index >= 15 is 0 Å². The Morgan fingerprint density at radius 1 is 1.30 bits per heavy atom. The van der Waals surface area contributed by atoms with E-state index in [4.69, 9.17) is 4.74 Å². The molecule has 1 heterocycles. The summed E-state index contributed by atoms with van der Waals surface area (Å²) in [5, 5.41) is 4.30. The molecular weight excluding hydrogens is 268 g/mol. The van der Waals surface area contributed by atoms with Crippen molar-refractivity contribution in [1.29, 1.82) is 0 Å². The molecule has 0 saturated carbocycles. The Labute approximate surface area is 125 Å². The highest BCUT2D eigenvalue weighted by Crippen LogP contribution is 2.27. The smallest absolute Gasteiger partial charge is 0.140 e. The number of rotatable bonds is 5. The maximum absolute atomic E-state index is 5.98. The van der Waals surface area contributed by atoms with Gasteiger partial charge in [0.15, 0.2) is 0 Å². The molecule has 0 amide bonds. The number of nitrogens with one attached hydrogen (secondary N) is 1. The molecule has 0 fully saturated rings. The summed E-state index contributed by atoms with van der Waals surface area (Å²) in [6.07, 6.45) is 0. The van der Waals surface area contributed by atoms with Crippen LogP contribution in [0.4, 0.5) is 0 Å². The minimum Gasteiger partial charge on any atom is -0.486 e. The maximum Gasteiger partial charge on any atom is 0.140 e. The number of aryl methyl sites for hydroxylation is 3. The van der Waals surface area contributed by atoms with Crippen molar-refractivity contribution >= 4 is 11.3 Å². The lowest BCUT2D eigenvalue weighted by Gasteiger charge is -2.16. The van der Waals surface area contributed by atoms with Crippen LogP contribution in [0.2, 0.25) is 0 Å². The van der Waals surface area contributed by atoms with Crippen LogP contribution in [0.15, 0.2) is 18.2 Å². The number of ether oxygens (including phenoxy) is 1. The van der Waals surface area contributed by atoms with Crippen molar-refractivity contribution in [3.05, 3.63) is 44.9 Å². The summed E-state index contributed by atoms with van der Waals surface area (Å²) < 4.78 is 5.98. The van der Waals surface area contributed by atoms with Crippen LogP contribution in [0.5, 0.6) is 5.75 Å². The van der Waals surface area contributed by atoms with E-state index in [0.717, 1.165) is 16.5 Å². The number of aromatic nitrogens is 1. The highest BCUT2D eigenvalue weighted by atomic mass is 32.1. The SMILES string of the molecule is CNC(C)c1cc(C)ccc1OCc1nc(C)c(C)s1. The zero-order valence-electron chi connectivity index (χ0n) is 12.8. The predicted molar refractivity (Wildman–Crippen MR) is 84.6 cm³/mol. The fourth-order valence-corrected chi connectivity index (χ4v) is 2.88. The summed E-state index contributed by atoms with van der Waals surface area (Å²) in [5.41, 5.74) is 3.54. The van der Waals surface area contributed by atoms with E-state index in [0.29, 0.717) is 6.61 Å². The average molecular weight is 290 g/mol. The normalized spacial score (nSPS) is 12.4. The standard InChI is InChI=1S/C16H22N2OS/c1-10-6-7-15(14(8-10)12(3)17-5)19-9-16-18-11(2)13(4)20-16/h6-8,12,17H,9H2,1-5H3. The van der Waals surface area contributed by atoms with E-state index in [1.165, 1.54) is 16.0 Å². The Balaban J connectivity index is 2.16. The first kappa shape index (κ1) is 15.0. The van der Waals surface area contributed by atoms with Crippen molar-refractivity contribution in [1.82, 2.24) is 10.3 Å². The molecule has 1 unspecified atom stereocenters. The average Bonchev–Trinajstić information content (AvgIpc) is 2.75. The van der Waals surface area contributed by atoms with Gasteiger partial charge in [0.25, 0.3) is 0 Å². The molecule has 4 heteroatoms. The second kappa shape index (κ2) is 6.37. The number of hydrogen-bond acceptors (Lipinski definition) is 4. The van der Waals surface area contributed by atoms with Gasteiger partial charge in [-0.05, 0) is 40.8 Å². The molecule has 2 rings (SSSR count). The highest BCUT2D eigenvalue weighted by molar-refractivity contribution is 7.11. The van der Waals surface area contributed by atoms with E-state index < -0.39 is 0 Å². The summed E-state index contributed by atoms with van der Waals surface area (Å²) in [5.74, 6) is 0.933. The second-order valence-electron chi connectivity index (χ2n) is 5.09. The van der Waals surface area contributed by atoms with Gasteiger partial charge in [-0.15, -0.1) is 11.3 Å². The summed E-state index contributed by atoms with van der Waals surface area (Å²) in [6, 6.07) is 6.57. The molecule has 0 aliphatic carbocycles. The molecule has 0 spiro atoms. The Morgan fingerprint density at radius 3 is 2.65 bits per heavy atom. The van der Waals surface area contributed by atoms with Gasteiger partial charge in [-0.1, -0.05) is 17.7 Å². The van der Waals surface area contributed by atoms with E-state index in [9.17, 15) is 0 Å². The summed E-state index contributed by atoms with van der Waals surface area (Å²) in [7, 11) is 1.96. The molecule has 0 aliphatic rings. The van der Waals surface area contributed by atoms with Crippen LogP contribution in [0.25, 0.3) is 0 Å². The minimum absolute atomic E-state index is 0.268. The van der Waals surface area contributed by atoms with Crippen LogP contribution in [-0.2, 0) is 6.61 Å². The lowest BCUT2D eigenvalue weighted by atomic mass is 10.0. The van der Waals surface area contributed by atoms with Gasteiger partial charge < -0.3 is 10.1 Å². The van der Waals surface area contributed by atoms with Gasteiger partial charge in [0.2, 0.25) is 0 Å². The first-order chi connectivity index (χ1) is 9.51. The summed E-state index contributed by atoms with van der Waals surface area (Å²) in [4.78, 5) is 5.78. The third-order valence-corrected chi connectivity index (χ3v) is 4.54. The number of nitrogens with zero attached hydrogens (tertiary/aromatic N) is 1. The Hall–Kier alpha value is -1.39.